The molecule has 172 valence electrons. The molecule has 0 aliphatic heterocycles. The molecule has 0 bridgehead atoms. The summed E-state index contributed by atoms with van der Waals surface area (Å²) in [5.41, 5.74) is 7.30. The largest absolute Gasteiger partial charge is 0.478 e. The van der Waals surface area contributed by atoms with Gasteiger partial charge in [0.2, 0.25) is 11.6 Å². The standard InChI is InChI=1S/C21H16N6O4S3/c1-31-20-19(25-33-26-20)27-34(29,30)14-9-7-13(8-10-14)24-21-15(11-22)16(23)18(32-21)17(28)12-5-3-2-4-6-12/h2-10,24H,23H2,1H3,(H,25,27). The van der Waals surface area contributed by atoms with E-state index in [1.165, 1.54) is 31.4 Å². The number of nitrogens with one attached hydrogen (secondary N) is 2. The topological polar surface area (TPSA) is 160 Å². The molecule has 4 rings (SSSR count). The fourth-order valence-corrected chi connectivity index (χ4v) is 5.54. The van der Waals surface area contributed by atoms with Gasteiger partial charge in [-0.1, -0.05) is 30.3 Å². The SMILES string of the molecule is COc1nsnc1NS(=O)(=O)c1ccc(Nc2sc(C(=O)c3ccccc3)c(N)c2C#N)cc1. The summed E-state index contributed by atoms with van der Waals surface area (Å²) in [7, 11) is -2.57. The molecule has 4 N–H and O–H groups in total. The maximum absolute atomic E-state index is 12.8. The van der Waals surface area contributed by atoms with Gasteiger partial charge in [0.15, 0.2) is 0 Å². The molecule has 2 aromatic carbocycles. The van der Waals surface area contributed by atoms with Crippen LogP contribution in [0.2, 0.25) is 0 Å². The van der Waals surface area contributed by atoms with E-state index in [-0.39, 0.29) is 38.5 Å². The van der Waals surface area contributed by atoms with E-state index < -0.39 is 10.0 Å². The summed E-state index contributed by atoms with van der Waals surface area (Å²) < 4.78 is 40.3. The Morgan fingerprint density at radius 1 is 1.12 bits per heavy atom. The highest BCUT2D eigenvalue weighted by molar-refractivity contribution is 7.92. The lowest BCUT2D eigenvalue weighted by Gasteiger charge is -2.08. The molecule has 2 aromatic heterocycles. The van der Waals surface area contributed by atoms with Crippen LogP contribution in [0, 0.1) is 11.3 Å². The smallest absolute Gasteiger partial charge is 0.271 e. The van der Waals surface area contributed by atoms with Gasteiger partial charge >= 0.3 is 0 Å². The van der Waals surface area contributed by atoms with Crippen LogP contribution in [0.25, 0.3) is 0 Å². The van der Waals surface area contributed by atoms with Crippen LogP contribution in [0.1, 0.15) is 20.8 Å². The molecule has 2 heterocycles. The van der Waals surface area contributed by atoms with Crippen LogP contribution in [0.15, 0.2) is 59.5 Å². The molecule has 0 fully saturated rings. The number of nitrogens with two attached hydrogens (primary N) is 1. The molecule has 34 heavy (non-hydrogen) atoms. The van der Waals surface area contributed by atoms with Gasteiger partial charge in [0, 0.05) is 11.3 Å². The van der Waals surface area contributed by atoms with Gasteiger partial charge in [-0.05, 0) is 24.3 Å². The Morgan fingerprint density at radius 3 is 2.47 bits per heavy atom. The lowest BCUT2D eigenvalue weighted by atomic mass is 10.1. The first-order chi connectivity index (χ1) is 16.3. The summed E-state index contributed by atoms with van der Waals surface area (Å²) in [4.78, 5) is 13.1. The minimum absolute atomic E-state index is 0.00182. The number of methoxy groups -OCH3 is 1. The lowest BCUT2D eigenvalue weighted by Crippen LogP contribution is -2.13. The number of aromatic nitrogens is 2. The van der Waals surface area contributed by atoms with Crippen molar-refractivity contribution in [2.45, 2.75) is 4.90 Å². The third-order valence-corrected chi connectivity index (χ3v) is 7.59. The Kier molecular flexibility index (Phi) is 6.46. The number of hydrogen-bond acceptors (Lipinski definition) is 11. The molecule has 0 aliphatic carbocycles. The van der Waals surface area contributed by atoms with E-state index in [4.69, 9.17) is 10.5 Å². The summed E-state index contributed by atoms with van der Waals surface area (Å²) in [5.74, 6) is -0.211. The number of nitriles is 1. The number of ketones is 1. The fraction of sp³-hybridized carbons (Fsp3) is 0.0476. The second kappa shape index (κ2) is 9.48. The average Bonchev–Trinajstić information content (AvgIpc) is 3.42. The Hall–Kier alpha value is -3.99. The summed E-state index contributed by atoms with van der Waals surface area (Å²) in [6.45, 7) is 0. The molecular formula is C21H16N6O4S3. The molecule has 0 spiro atoms. The first-order valence-electron chi connectivity index (χ1n) is 9.52. The van der Waals surface area contributed by atoms with E-state index in [0.717, 1.165) is 23.1 Å². The summed E-state index contributed by atoms with van der Waals surface area (Å²) in [6.07, 6.45) is 0. The van der Waals surface area contributed by atoms with Crippen molar-refractivity contribution in [1.29, 1.82) is 5.26 Å². The third-order valence-electron chi connectivity index (χ3n) is 4.60. The monoisotopic (exact) mass is 512 g/mol. The Labute approximate surface area is 203 Å². The van der Waals surface area contributed by atoms with E-state index in [2.05, 4.69) is 18.8 Å². The van der Waals surface area contributed by atoms with Gasteiger partial charge in [-0.3, -0.25) is 9.52 Å². The number of anilines is 4. The number of carbonyl (C=O) groups excluding carboxylic acids is 1. The molecule has 13 heteroatoms. The maximum Gasteiger partial charge on any atom is 0.271 e. The van der Waals surface area contributed by atoms with Crippen molar-refractivity contribution in [1.82, 2.24) is 8.75 Å². The lowest BCUT2D eigenvalue weighted by molar-refractivity contribution is 0.104. The second-order valence-electron chi connectivity index (χ2n) is 6.73. The zero-order valence-electron chi connectivity index (χ0n) is 17.5. The zero-order chi connectivity index (χ0) is 24.3. The molecule has 0 radical (unpaired) electrons. The first kappa shape index (κ1) is 23.2. The molecule has 0 unspecified atom stereocenters. The quantitative estimate of drug-likeness (QED) is 0.298. The Bertz CT molecular complexity index is 1490. The van der Waals surface area contributed by atoms with Crippen LogP contribution in [-0.4, -0.2) is 30.1 Å². The van der Waals surface area contributed by atoms with Crippen LogP contribution >= 0.6 is 23.1 Å². The van der Waals surface area contributed by atoms with Crippen molar-refractivity contribution in [3.8, 4) is 11.9 Å². The third kappa shape index (κ3) is 4.55. The molecule has 10 nitrogen and oxygen atoms in total. The molecule has 0 atom stereocenters. The van der Waals surface area contributed by atoms with Crippen molar-refractivity contribution in [3.63, 3.8) is 0 Å². The highest BCUT2D eigenvalue weighted by Crippen LogP contribution is 2.38. The van der Waals surface area contributed by atoms with Crippen molar-refractivity contribution in [3.05, 3.63) is 70.6 Å². The predicted molar refractivity (Wildman–Crippen MR) is 130 cm³/mol. The van der Waals surface area contributed by atoms with Crippen molar-refractivity contribution in [2.75, 3.05) is 22.9 Å². The summed E-state index contributed by atoms with van der Waals surface area (Å²) in [5, 5.41) is 13.0. The van der Waals surface area contributed by atoms with E-state index >= 15 is 0 Å². The number of thiophene rings is 1. The molecule has 0 saturated heterocycles. The first-order valence-corrected chi connectivity index (χ1v) is 12.6. The van der Waals surface area contributed by atoms with Crippen LogP contribution in [0.4, 0.5) is 22.2 Å². The van der Waals surface area contributed by atoms with Gasteiger partial charge in [0.1, 0.15) is 21.5 Å². The number of carbonyl (C=O) groups is 1. The number of benzene rings is 2. The van der Waals surface area contributed by atoms with Gasteiger partial charge in [-0.15, -0.1) is 15.7 Å². The normalized spacial score (nSPS) is 10.9. The van der Waals surface area contributed by atoms with Crippen LogP contribution in [-0.2, 0) is 10.0 Å². The molecule has 0 aliphatic rings. The zero-order valence-corrected chi connectivity index (χ0v) is 19.9. The van der Waals surface area contributed by atoms with Gasteiger partial charge in [-0.2, -0.15) is 9.64 Å². The predicted octanol–water partition coefficient (Wildman–Crippen LogP) is 3.84. The van der Waals surface area contributed by atoms with E-state index in [0.29, 0.717) is 16.3 Å². The highest BCUT2D eigenvalue weighted by atomic mass is 32.2. The van der Waals surface area contributed by atoms with Crippen molar-refractivity contribution < 1.29 is 17.9 Å². The maximum atomic E-state index is 12.8. The summed E-state index contributed by atoms with van der Waals surface area (Å²) in [6, 6.07) is 16.5. The Balaban J connectivity index is 1.57. The molecule has 0 saturated carbocycles. The van der Waals surface area contributed by atoms with E-state index in [1.807, 2.05) is 6.07 Å². The van der Waals surface area contributed by atoms with E-state index in [1.54, 1.807) is 30.3 Å². The van der Waals surface area contributed by atoms with E-state index in [9.17, 15) is 18.5 Å². The number of rotatable bonds is 8. The minimum atomic E-state index is -3.93. The molecular weight excluding hydrogens is 496 g/mol. The van der Waals surface area contributed by atoms with Gasteiger partial charge in [-0.25, -0.2) is 8.42 Å². The second-order valence-corrected chi connectivity index (χ2v) is 9.96. The number of sulfonamides is 1. The van der Waals surface area contributed by atoms with Gasteiger partial charge in [0.25, 0.3) is 15.9 Å². The molecule has 4 aromatic rings. The Morgan fingerprint density at radius 2 is 1.82 bits per heavy atom. The highest BCUT2D eigenvalue weighted by Gasteiger charge is 2.23. The van der Waals surface area contributed by atoms with Crippen molar-refractivity contribution >= 4 is 61.1 Å². The fourth-order valence-electron chi connectivity index (χ4n) is 2.94. The van der Waals surface area contributed by atoms with Crippen LogP contribution < -0.4 is 20.5 Å². The minimum Gasteiger partial charge on any atom is -0.478 e. The van der Waals surface area contributed by atoms with Gasteiger partial charge < -0.3 is 15.8 Å². The average molecular weight is 513 g/mol. The summed E-state index contributed by atoms with van der Waals surface area (Å²) >= 11 is 1.87. The van der Waals surface area contributed by atoms with Crippen LogP contribution in [0.5, 0.6) is 5.88 Å². The molecule has 0 amide bonds. The number of ether oxygens (including phenoxy) is 1. The number of hydrogen-bond donors (Lipinski definition) is 3. The number of nitrogens with zero attached hydrogens (tertiary/aromatic N) is 3. The van der Waals surface area contributed by atoms with Crippen LogP contribution in [0.3, 0.4) is 0 Å². The number of nitrogen functional groups attached to an aromatic ring is 1. The van der Waals surface area contributed by atoms with Gasteiger partial charge in [0.05, 0.1) is 29.4 Å². The van der Waals surface area contributed by atoms with Crippen molar-refractivity contribution in [2.24, 2.45) is 0 Å².